The van der Waals surface area contributed by atoms with Crippen molar-refractivity contribution in [3.05, 3.63) is 59.9 Å². The Kier molecular flexibility index (Phi) is 4.99. The second kappa shape index (κ2) is 7.19. The summed E-state index contributed by atoms with van der Waals surface area (Å²) < 4.78 is 16.1. The van der Waals surface area contributed by atoms with Gasteiger partial charge in [-0.1, -0.05) is 41.6 Å². The van der Waals surface area contributed by atoms with Crippen LogP contribution in [-0.4, -0.2) is 25.8 Å². The highest BCUT2D eigenvalue weighted by Crippen LogP contribution is 2.31. The number of hydrogen-bond donors (Lipinski definition) is 0. The number of thioether (sulfide) groups is 1. The zero-order valence-electron chi connectivity index (χ0n) is 14.2. The van der Waals surface area contributed by atoms with Gasteiger partial charge >= 0.3 is 0 Å². The summed E-state index contributed by atoms with van der Waals surface area (Å²) in [5, 5.41) is 8.71. The topological polar surface area (TPSA) is 47.8 Å². The number of benzene rings is 2. The molecule has 1 unspecified atom stereocenters. The fourth-order valence-electron chi connectivity index (χ4n) is 2.33. The fourth-order valence-corrected chi connectivity index (χ4v) is 3.20. The zero-order chi connectivity index (χ0) is 18.0. The van der Waals surface area contributed by atoms with Crippen molar-refractivity contribution in [2.75, 3.05) is 0 Å². The number of carbonyl (C=O) groups excluding carboxylic acids is 1. The first-order valence-electron chi connectivity index (χ1n) is 7.92. The summed E-state index contributed by atoms with van der Waals surface area (Å²) in [6.07, 6.45) is 0. The smallest absolute Gasteiger partial charge is 0.196 e. The van der Waals surface area contributed by atoms with Crippen LogP contribution in [0.5, 0.6) is 0 Å². The summed E-state index contributed by atoms with van der Waals surface area (Å²) in [4.78, 5) is 11.6. The van der Waals surface area contributed by atoms with Gasteiger partial charge in [-0.15, -0.1) is 10.2 Å². The van der Waals surface area contributed by atoms with Crippen LogP contribution in [-0.2, 0) is 4.79 Å². The Bertz CT molecular complexity index is 905. The van der Waals surface area contributed by atoms with E-state index in [1.807, 2.05) is 38.1 Å². The molecule has 6 heteroatoms. The lowest BCUT2D eigenvalue weighted by molar-refractivity contribution is -0.116. The number of halogens is 1. The standard InChI is InChI=1S/C19H18FN3OS/c1-12-8-10-15(11-9-12)23-18(16-6-4-5-7-17(16)20)21-22-19(23)25-14(3)13(2)24/h4-11,14H,1-3H3. The van der Waals surface area contributed by atoms with E-state index in [0.29, 0.717) is 16.5 Å². The van der Waals surface area contributed by atoms with Gasteiger partial charge in [0, 0.05) is 5.69 Å². The van der Waals surface area contributed by atoms with Gasteiger partial charge in [0.2, 0.25) is 0 Å². The Hall–Kier alpha value is -2.47. The van der Waals surface area contributed by atoms with Crippen LogP contribution >= 0.6 is 11.8 Å². The van der Waals surface area contributed by atoms with Crippen LogP contribution in [0.1, 0.15) is 19.4 Å². The molecule has 0 radical (unpaired) electrons. The maximum Gasteiger partial charge on any atom is 0.196 e. The van der Waals surface area contributed by atoms with E-state index in [9.17, 15) is 9.18 Å². The van der Waals surface area contributed by atoms with Crippen LogP contribution in [0.3, 0.4) is 0 Å². The second-order valence-electron chi connectivity index (χ2n) is 5.83. The molecule has 0 saturated carbocycles. The molecular formula is C19H18FN3OS. The molecule has 0 aliphatic carbocycles. The fraction of sp³-hybridized carbons (Fsp3) is 0.211. The number of ketones is 1. The number of nitrogens with zero attached hydrogens (tertiary/aromatic N) is 3. The minimum absolute atomic E-state index is 0.0518. The molecular weight excluding hydrogens is 337 g/mol. The van der Waals surface area contributed by atoms with Crippen molar-refractivity contribution in [3.8, 4) is 17.1 Å². The highest BCUT2D eigenvalue weighted by Gasteiger charge is 2.21. The van der Waals surface area contributed by atoms with E-state index < -0.39 is 0 Å². The minimum atomic E-state index is -0.362. The largest absolute Gasteiger partial charge is 0.299 e. The van der Waals surface area contributed by atoms with Gasteiger partial charge in [-0.3, -0.25) is 9.36 Å². The molecule has 0 aliphatic rings. The molecule has 0 fully saturated rings. The minimum Gasteiger partial charge on any atom is -0.299 e. The molecule has 1 aromatic heterocycles. The molecule has 2 aromatic carbocycles. The van der Waals surface area contributed by atoms with Crippen LogP contribution in [0.2, 0.25) is 0 Å². The molecule has 4 nitrogen and oxygen atoms in total. The highest BCUT2D eigenvalue weighted by atomic mass is 32.2. The van der Waals surface area contributed by atoms with Gasteiger partial charge in [-0.2, -0.15) is 0 Å². The SMILES string of the molecule is CC(=O)C(C)Sc1nnc(-c2ccccc2F)n1-c1ccc(C)cc1. The maximum atomic E-state index is 14.3. The third kappa shape index (κ3) is 3.64. The molecule has 1 atom stereocenters. The monoisotopic (exact) mass is 355 g/mol. The number of aromatic nitrogens is 3. The molecule has 0 amide bonds. The molecule has 0 bridgehead atoms. The van der Waals surface area contributed by atoms with Crippen molar-refractivity contribution in [3.63, 3.8) is 0 Å². The third-order valence-corrected chi connectivity index (χ3v) is 5.06. The number of hydrogen-bond acceptors (Lipinski definition) is 4. The van der Waals surface area contributed by atoms with E-state index >= 15 is 0 Å². The Morgan fingerprint density at radius 2 is 1.80 bits per heavy atom. The summed E-state index contributed by atoms with van der Waals surface area (Å²) in [5.74, 6) is 0.107. The van der Waals surface area contributed by atoms with E-state index in [0.717, 1.165) is 11.3 Å². The van der Waals surface area contributed by atoms with Gasteiger partial charge in [-0.25, -0.2) is 4.39 Å². The van der Waals surface area contributed by atoms with Gasteiger partial charge < -0.3 is 0 Å². The summed E-state index contributed by atoms with van der Waals surface area (Å²) in [5.41, 5.74) is 2.32. The van der Waals surface area contributed by atoms with E-state index in [2.05, 4.69) is 10.2 Å². The van der Waals surface area contributed by atoms with Gasteiger partial charge in [0.25, 0.3) is 0 Å². The summed E-state index contributed by atoms with van der Waals surface area (Å²) in [7, 11) is 0. The van der Waals surface area contributed by atoms with E-state index in [-0.39, 0.29) is 16.9 Å². The van der Waals surface area contributed by atoms with Crippen LogP contribution in [0.15, 0.2) is 53.7 Å². The maximum absolute atomic E-state index is 14.3. The first-order valence-corrected chi connectivity index (χ1v) is 8.80. The number of rotatable bonds is 5. The predicted molar refractivity (Wildman–Crippen MR) is 97.5 cm³/mol. The Morgan fingerprint density at radius 1 is 1.12 bits per heavy atom. The Balaban J connectivity index is 2.16. The summed E-state index contributed by atoms with van der Waals surface area (Å²) >= 11 is 1.32. The highest BCUT2D eigenvalue weighted by molar-refractivity contribution is 8.00. The summed E-state index contributed by atoms with van der Waals surface area (Å²) in [6.45, 7) is 5.37. The number of aryl methyl sites for hydroxylation is 1. The molecule has 0 saturated heterocycles. The average Bonchev–Trinajstić information content (AvgIpc) is 2.99. The van der Waals surface area contributed by atoms with Gasteiger partial charge in [0.05, 0.1) is 10.8 Å². The quantitative estimate of drug-likeness (QED) is 0.634. The number of Topliss-reactive ketones (excluding diaryl/α,β-unsaturated/α-hetero) is 1. The van der Waals surface area contributed by atoms with Crippen LogP contribution in [0.25, 0.3) is 17.1 Å². The molecule has 3 aromatic rings. The molecule has 128 valence electrons. The van der Waals surface area contributed by atoms with Crippen molar-refractivity contribution in [1.29, 1.82) is 0 Å². The van der Waals surface area contributed by atoms with Crippen LogP contribution < -0.4 is 0 Å². The Morgan fingerprint density at radius 3 is 2.44 bits per heavy atom. The van der Waals surface area contributed by atoms with Crippen molar-refractivity contribution < 1.29 is 9.18 Å². The van der Waals surface area contributed by atoms with Crippen molar-refractivity contribution in [2.45, 2.75) is 31.2 Å². The van der Waals surface area contributed by atoms with Gasteiger partial charge in [-0.05, 0) is 45.0 Å². The van der Waals surface area contributed by atoms with E-state index in [4.69, 9.17) is 0 Å². The average molecular weight is 355 g/mol. The summed E-state index contributed by atoms with van der Waals surface area (Å²) in [6, 6.07) is 14.3. The lowest BCUT2D eigenvalue weighted by Crippen LogP contribution is -2.10. The Labute approximate surface area is 150 Å². The molecule has 25 heavy (non-hydrogen) atoms. The molecule has 0 aliphatic heterocycles. The molecule has 0 N–H and O–H groups in total. The van der Waals surface area contributed by atoms with Crippen molar-refractivity contribution in [2.24, 2.45) is 0 Å². The lowest BCUT2D eigenvalue weighted by Gasteiger charge is -2.12. The first-order chi connectivity index (χ1) is 12.0. The van der Waals surface area contributed by atoms with Crippen molar-refractivity contribution >= 4 is 17.5 Å². The number of carbonyl (C=O) groups is 1. The third-order valence-electron chi connectivity index (χ3n) is 3.89. The lowest BCUT2D eigenvalue weighted by atomic mass is 10.2. The normalized spacial score (nSPS) is 12.2. The van der Waals surface area contributed by atoms with E-state index in [1.54, 1.807) is 29.7 Å². The molecule has 1 heterocycles. The zero-order valence-corrected chi connectivity index (χ0v) is 15.0. The van der Waals surface area contributed by atoms with Gasteiger partial charge in [0.15, 0.2) is 11.0 Å². The second-order valence-corrected chi connectivity index (χ2v) is 7.14. The van der Waals surface area contributed by atoms with Crippen molar-refractivity contribution in [1.82, 2.24) is 14.8 Å². The predicted octanol–water partition coefficient (Wildman–Crippen LogP) is 4.45. The van der Waals surface area contributed by atoms with Crippen LogP contribution in [0.4, 0.5) is 4.39 Å². The van der Waals surface area contributed by atoms with Crippen LogP contribution in [0, 0.1) is 12.7 Å². The molecule has 0 spiro atoms. The molecule has 3 rings (SSSR count). The van der Waals surface area contributed by atoms with E-state index in [1.165, 1.54) is 17.8 Å². The first kappa shape index (κ1) is 17.4. The van der Waals surface area contributed by atoms with Gasteiger partial charge in [0.1, 0.15) is 11.6 Å².